The molecule has 0 amide bonds. The number of ether oxygens (including phenoxy) is 1. The van der Waals surface area contributed by atoms with Crippen molar-refractivity contribution in [3.8, 4) is 17.3 Å². The second kappa shape index (κ2) is 8.18. The molecule has 5 aromatic rings. The second-order valence-electron chi connectivity index (χ2n) is 7.38. The van der Waals surface area contributed by atoms with Gasteiger partial charge in [-0.3, -0.25) is 4.79 Å². The average molecular weight is 463 g/mol. The lowest BCUT2D eigenvalue weighted by Crippen LogP contribution is -2.20. The van der Waals surface area contributed by atoms with Crippen molar-refractivity contribution in [1.29, 1.82) is 0 Å². The molecule has 0 aliphatic heterocycles. The lowest BCUT2D eigenvalue weighted by Gasteiger charge is -2.10. The monoisotopic (exact) mass is 463 g/mol. The number of methoxy groups -OCH3 is 1. The van der Waals surface area contributed by atoms with Crippen LogP contribution in [0.5, 0.6) is 5.75 Å². The highest BCUT2D eigenvalue weighted by atomic mass is 19.4. The van der Waals surface area contributed by atoms with Crippen molar-refractivity contribution in [2.75, 3.05) is 7.11 Å². The summed E-state index contributed by atoms with van der Waals surface area (Å²) in [5, 5.41) is 5.03. The van der Waals surface area contributed by atoms with E-state index in [9.17, 15) is 18.0 Å². The number of hydrogen-bond acceptors (Lipinski definition) is 5. The molecule has 3 aromatic carbocycles. The van der Waals surface area contributed by atoms with Gasteiger partial charge < -0.3 is 9.15 Å². The maximum absolute atomic E-state index is 13.4. The highest BCUT2D eigenvalue weighted by Crippen LogP contribution is 2.33. The third-order valence-corrected chi connectivity index (χ3v) is 5.29. The van der Waals surface area contributed by atoms with E-state index in [0.717, 1.165) is 17.0 Å². The molecule has 2 heterocycles. The summed E-state index contributed by atoms with van der Waals surface area (Å²) in [6, 6.07) is 18.5. The number of alkyl halides is 3. The molecule has 0 saturated carbocycles. The van der Waals surface area contributed by atoms with Crippen molar-refractivity contribution in [2.45, 2.75) is 6.18 Å². The minimum Gasteiger partial charge on any atom is -0.496 e. The van der Waals surface area contributed by atoms with Crippen LogP contribution < -0.4 is 10.3 Å². The number of aromatic nitrogens is 2. The van der Waals surface area contributed by atoms with Crippen molar-refractivity contribution in [3.63, 3.8) is 0 Å². The topological polar surface area (TPSA) is 69.6 Å². The Bertz CT molecular complexity index is 1620. The molecule has 0 saturated heterocycles. The molecule has 0 bridgehead atoms. The summed E-state index contributed by atoms with van der Waals surface area (Å²) in [5.41, 5.74) is -0.705. The molecule has 9 heteroatoms. The summed E-state index contributed by atoms with van der Waals surface area (Å²) in [4.78, 5) is 17.8. The summed E-state index contributed by atoms with van der Waals surface area (Å²) in [5.74, 6) is 0.816. The van der Waals surface area contributed by atoms with E-state index in [-0.39, 0.29) is 22.5 Å². The van der Waals surface area contributed by atoms with E-state index < -0.39 is 17.3 Å². The zero-order valence-electron chi connectivity index (χ0n) is 17.7. The maximum atomic E-state index is 13.4. The Morgan fingerprint density at radius 3 is 2.56 bits per heavy atom. The van der Waals surface area contributed by atoms with Gasteiger partial charge in [0.15, 0.2) is 5.76 Å². The standard InChI is InChI=1S/C25H16F3N3O3/c1-33-20-11-6-12-21-17(20)13-22(34-21)23-30-19-10-5-3-8-16(19)24(32)31(23)29-14-15-7-2-4-9-18(15)25(26,27)28/h2-14H,1H3. The quantitative estimate of drug-likeness (QED) is 0.320. The first-order valence-electron chi connectivity index (χ1n) is 10.2. The molecular weight excluding hydrogens is 447 g/mol. The van der Waals surface area contributed by atoms with E-state index in [4.69, 9.17) is 9.15 Å². The van der Waals surface area contributed by atoms with Crippen molar-refractivity contribution in [3.05, 3.63) is 94.3 Å². The zero-order valence-corrected chi connectivity index (χ0v) is 17.7. The highest BCUT2D eigenvalue weighted by Gasteiger charge is 2.32. The fraction of sp³-hybridized carbons (Fsp3) is 0.0800. The van der Waals surface area contributed by atoms with Gasteiger partial charge in [-0.2, -0.15) is 22.9 Å². The number of hydrogen-bond donors (Lipinski definition) is 0. The van der Waals surface area contributed by atoms with Crippen LogP contribution in [0.15, 0.2) is 87.1 Å². The number of nitrogens with zero attached hydrogens (tertiary/aromatic N) is 3. The van der Waals surface area contributed by atoms with Crippen LogP contribution in [0.4, 0.5) is 13.2 Å². The Morgan fingerprint density at radius 1 is 1.00 bits per heavy atom. The predicted molar refractivity (Wildman–Crippen MR) is 122 cm³/mol. The van der Waals surface area contributed by atoms with Crippen LogP contribution >= 0.6 is 0 Å². The van der Waals surface area contributed by atoms with Crippen LogP contribution in [0.25, 0.3) is 33.5 Å². The van der Waals surface area contributed by atoms with Gasteiger partial charge in [-0.15, -0.1) is 0 Å². The van der Waals surface area contributed by atoms with Crippen molar-refractivity contribution >= 4 is 28.1 Å². The summed E-state index contributed by atoms with van der Waals surface area (Å²) < 4.78 is 52.5. The summed E-state index contributed by atoms with van der Waals surface area (Å²) in [6.45, 7) is 0. The largest absolute Gasteiger partial charge is 0.496 e. The zero-order chi connectivity index (χ0) is 23.9. The van der Waals surface area contributed by atoms with Crippen LogP contribution in [0.3, 0.4) is 0 Å². The molecule has 0 fully saturated rings. The fourth-order valence-electron chi connectivity index (χ4n) is 3.70. The van der Waals surface area contributed by atoms with E-state index in [1.54, 1.807) is 48.5 Å². The number of para-hydroxylation sites is 1. The lowest BCUT2D eigenvalue weighted by molar-refractivity contribution is -0.137. The van der Waals surface area contributed by atoms with Gasteiger partial charge in [0.05, 0.1) is 35.2 Å². The molecule has 0 atom stereocenters. The Balaban J connectivity index is 1.75. The van der Waals surface area contributed by atoms with Crippen molar-refractivity contribution < 1.29 is 22.3 Å². The molecule has 0 aliphatic rings. The van der Waals surface area contributed by atoms with Gasteiger partial charge in [-0.25, -0.2) is 4.98 Å². The normalized spacial score (nSPS) is 12.1. The van der Waals surface area contributed by atoms with Crippen molar-refractivity contribution in [2.24, 2.45) is 5.10 Å². The van der Waals surface area contributed by atoms with Gasteiger partial charge in [-0.05, 0) is 36.4 Å². The number of halogens is 3. The number of rotatable bonds is 4. The fourth-order valence-corrected chi connectivity index (χ4v) is 3.70. The van der Waals surface area contributed by atoms with Gasteiger partial charge in [0.1, 0.15) is 11.3 Å². The maximum Gasteiger partial charge on any atom is 0.417 e. The van der Waals surface area contributed by atoms with E-state index in [0.29, 0.717) is 22.2 Å². The van der Waals surface area contributed by atoms with Gasteiger partial charge in [0.2, 0.25) is 5.82 Å². The molecule has 0 spiro atoms. The first kappa shape index (κ1) is 21.4. The summed E-state index contributed by atoms with van der Waals surface area (Å²) in [6.07, 6.45) is -3.58. The van der Waals surface area contributed by atoms with Gasteiger partial charge in [0, 0.05) is 5.56 Å². The van der Waals surface area contributed by atoms with Crippen LogP contribution in [-0.4, -0.2) is 23.0 Å². The molecule has 0 radical (unpaired) electrons. The molecule has 170 valence electrons. The van der Waals surface area contributed by atoms with E-state index in [2.05, 4.69) is 10.1 Å². The van der Waals surface area contributed by atoms with Crippen LogP contribution in [-0.2, 0) is 6.18 Å². The average Bonchev–Trinajstić information content (AvgIpc) is 3.27. The SMILES string of the molecule is COc1cccc2oc(-c3nc4ccccc4c(=O)n3N=Cc3ccccc3C(F)(F)F)cc12. The first-order valence-corrected chi connectivity index (χ1v) is 10.2. The predicted octanol–water partition coefficient (Wildman–Crippen LogP) is 5.72. The molecule has 0 aliphatic carbocycles. The first-order chi connectivity index (χ1) is 16.4. The smallest absolute Gasteiger partial charge is 0.417 e. The summed E-state index contributed by atoms with van der Waals surface area (Å²) in [7, 11) is 1.52. The third-order valence-electron chi connectivity index (χ3n) is 5.29. The number of furan rings is 1. The molecule has 34 heavy (non-hydrogen) atoms. The molecule has 6 nitrogen and oxygen atoms in total. The Kier molecular flexibility index (Phi) is 5.16. The third kappa shape index (κ3) is 3.71. The molecule has 5 rings (SSSR count). The minimum atomic E-state index is -4.58. The molecule has 0 unspecified atom stereocenters. The van der Waals surface area contributed by atoms with Crippen molar-refractivity contribution in [1.82, 2.24) is 9.66 Å². The molecular formula is C25H16F3N3O3. The summed E-state index contributed by atoms with van der Waals surface area (Å²) >= 11 is 0. The van der Waals surface area contributed by atoms with Crippen LogP contribution in [0, 0.1) is 0 Å². The second-order valence-corrected chi connectivity index (χ2v) is 7.38. The molecule has 0 N–H and O–H groups in total. The van der Waals surface area contributed by atoms with E-state index in [1.807, 2.05) is 0 Å². The number of benzene rings is 3. The molecule has 2 aromatic heterocycles. The van der Waals surface area contributed by atoms with Gasteiger partial charge in [-0.1, -0.05) is 36.4 Å². The van der Waals surface area contributed by atoms with Crippen LogP contribution in [0.1, 0.15) is 11.1 Å². The van der Waals surface area contributed by atoms with Crippen LogP contribution in [0.2, 0.25) is 0 Å². The van der Waals surface area contributed by atoms with Gasteiger partial charge in [0.25, 0.3) is 5.56 Å². The Hall–Kier alpha value is -4.40. The lowest BCUT2D eigenvalue weighted by atomic mass is 10.1. The minimum absolute atomic E-state index is 0.0442. The highest BCUT2D eigenvalue weighted by molar-refractivity contribution is 5.88. The number of fused-ring (bicyclic) bond motifs is 2. The van der Waals surface area contributed by atoms with Gasteiger partial charge >= 0.3 is 6.18 Å². The Labute approximate surface area is 190 Å². The Morgan fingerprint density at radius 2 is 1.76 bits per heavy atom. The van der Waals surface area contributed by atoms with E-state index >= 15 is 0 Å². The van der Waals surface area contributed by atoms with E-state index in [1.165, 1.54) is 25.3 Å².